The van der Waals surface area contributed by atoms with Gasteiger partial charge in [0, 0.05) is 18.8 Å². The molecule has 0 atom stereocenters. The summed E-state index contributed by atoms with van der Waals surface area (Å²) in [7, 11) is 0. The molecule has 0 saturated heterocycles. The molecule has 0 bridgehead atoms. The Hall–Kier alpha value is -2.33. The van der Waals surface area contributed by atoms with Crippen LogP contribution in [0, 0.1) is 0 Å². The molecule has 4 heteroatoms. The monoisotopic (exact) mass is 269 g/mol. The summed E-state index contributed by atoms with van der Waals surface area (Å²) in [6.45, 7) is 1.55. The van der Waals surface area contributed by atoms with E-state index in [9.17, 15) is 4.79 Å². The summed E-state index contributed by atoms with van der Waals surface area (Å²) in [6.07, 6.45) is 0. The van der Waals surface area contributed by atoms with Crippen molar-refractivity contribution >= 4 is 11.6 Å². The van der Waals surface area contributed by atoms with Crippen molar-refractivity contribution in [2.75, 3.05) is 12.3 Å². The zero-order valence-electron chi connectivity index (χ0n) is 11.3. The molecule has 0 heterocycles. The van der Waals surface area contributed by atoms with E-state index < -0.39 is 0 Å². The van der Waals surface area contributed by atoms with Crippen LogP contribution in [0.25, 0.3) is 0 Å². The van der Waals surface area contributed by atoms with Crippen molar-refractivity contribution in [3.05, 3.63) is 65.7 Å². The summed E-state index contributed by atoms with van der Waals surface area (Å²) in [4.78, 5) is 13.2. The van der Waals surface area contributed by atoms with Crippen LogP contribution >= 0.6 is 0 Å². The van der Waals surface area contributed by atoms with E-state index in [1.165, 1.54) is 0 Å². The highest BCUT2D eigenvalue weighted by Crippen LogP contribution is 2.12. The van der Waals surface area contributed by atoms with Crippen molar-refractivity contribution in [1.29, 1.82) is 0 Å². The number of primary amides is 1. The summed E-state index contributed by atoms with van der Waals surface area (Å²) < 4.78 is 0. The van der Waals surface area contributed by atoms with Crippen molar-refractivity contribution < 1.29 is 4.79 Å². The molecule has 0 fully saturated rings. The molecule has 0 aromatic heterocycles. The third kappa shape index (κ3) is 4.40. The zero-order chi connectivity index (χ0) is 14.4. The van der Waals surface area contributed by atoms with Gasteiger partial charge in [-0.05, 0) is 23.3 Å². The predicted octanol–water partition coefficient (Wildman–Crippen LogP) is 1.76. The Morgan fingerprint density at radius 3 is 2.25 bits per heavy atom. The molecule has 0 aliphatic rings. The maximum absolute atomic E-state index is 11.2. The van der Waals surface area contributed by atoms with E-state index in [0.29, 0.717) is 13.1 Å². The molecule has 2 rings (SSSR count). The van der Waals surface area contributed by atoms with Gasteiger partial charge in [-0.2, -0.15) is 0 Å². The van der Waals surface area contributed by atoms with Gasteiger partial charge in [0.2, 0.25) is 5.91 Å². The summed E-state index contributed by atoms with van der Waals surface area (Å²) >= 11 is 0. The maximum atomic E-state index is 11.2. The van der Waals surface area contributed by atoms with Crippen LogP contribution in [-0.2, 0) is 17.9 Å². The standard InChI is InChI=1S/C16H19N3O/c17-15-8-4-7-14(9-15)11-19(12-16(18)20)10-13-5-2-1-3-6-13/h1-9H,10-12,17H2,(H2,18,20). The lowest BCUT2D eigenvalue weighted by Gasteiger charge is -2.21. The molecule has 104 valence electrons. The molecule has 2 aromatic rings. The van der Waals surface area contributed by atoms with Crippen LogP contribution in [0.1, 0.15) is 11.1 Å². The van der Waals surface area contributed by atoms with Crippen LogP contribution in [0.3, 0.4) is 0 Å². The third-order valence-electron chi connectivity index (χ3n) is 2.99. The summed E-state index contributed by atoms with van der Waals surface area (Å²) in [6, 6.07) is 17.7. The number of carbonyl (C=O) groups excluding carboxylic acids is 1. The fourth-order valence-corrected chi connectivity index (χ4v) is 2.18. The number of nitrogens with zero attached hydrogens (tertiary/aromatic N) is 1. The van der Waals surface area contributed by atoms with Crippen LogP contribution in [0.5, 0.6) is 0 Å². The average Bonchev–Trinajstić information content (AvgIpc) is 2.39. The normalized spacial score (nSPS) is 10.7. The number of hydrogen-bond donors (Lipinski definition) is 2. The van der Waals surface area contributed by atoms with E-state index >= 15 is 0 Å². The number of anilines is 1. The van der Waals surface area contributed by atoms with Crippen molar-refractivity contribution in [2.24, 2.45) is 5.73 Å². The van der Waals surface area contributed by atoms with E-state index in [2.05, 4.69) is 0 Å². The Labute approximate surface area is 119 Å². The smallest absolute Gasteiger partial charge is 0.231 e. The van der Waals surface area contributed by atoms with E-state index in [1.54, 1.807) is 0 Å². The number of rotatable bonds is 6. The molecule has 0 radical (unpaired) electrons. The van der Waals surface area contributed by atoms with E-state index in [0.717, 1.165) is 16.8 Å². The summed E-state index contributed by atoms with van der Waals surface area (Å²) in [5.41, 5.74) is 14.0. The first kappa shape index (κ1) is 14.1. The molecule has 0 unspecified atom stereocenters. The lowest BCUT2D eigenvalue weighted by atomic mass is 10.1. The topological polar surface area (TPSA) is 72.4 Å². The molecule has 20 heavy (non-hydrogen) atoms. The molecule has 0 saturated carbocycles. The minimum Gasteiger partial charge on any atom is -0.399 e. The molecule has 0 spiro atoms. The molecule has 0 aliphatic heterocycles. The van der Waals surface area contributed by atoms with Crippen molar-refractivity contribution in [1.82, 2.24) is 4.90 Å². The minimum absolute atomic E-state index is 0.226. The van der Waals surface area contributed by atoms with Gasteiger partial charge in [0.15, 0.2) is 0 Å². The fourth-order valence-electron chi connectivity index (χ4n) is 2.18. The Morgan fingerprint density at radius 1 is 0.950 bits per heavy atom. The Bertz CT molecular complexity index is 569. The number of nitrogen functional groups attached to an aromatic ring is 1. The lowest BCUT2D eigenvalue weighted by Crippen LogP contribution is -2.33. The van der Waals surface area contributed by atoms with Crippen molar-refractivity contribution in [3.63, 3.8) is 0 Å². The number of hydrogen-bond acceptors (Lipinski definition) is 3. The Morgan fingerprint density at radius 2 is 1.60 bits per heavy atom. The quantitative estimate of drug-likeness (QED) is 0.785. The SMILES string of the molecule is NC(=O)CN(Cc1ccccc1)Cc1cccc(N)c1. The van der Waals surface area contributed by atoms with E-state index in [-0.39, 0.29) is 12.5 Å². The number of carbonyl (C=O) groups is 1. The molecule has 0 aliphatic carbocycles. The zero-order valence-corrected chi connectivity index (χ0v) is 11.3. The number of nitrogens with two attached hydrogens (primary N) is 2. The highest BCUT2D eigenvalue weighted by Gasteiger charge is 2.10. The van der Waals surface area contributed by atoms with Gasteiger partial charge in [0.25, 0.3) is 0 Å². The van der Waals surface area contributed by atoms with E-state index in [1.807, 2.05) is 59.5 Å². The first-order valence-electron chi connectivity index (χ1n) is 6.52. The number of amides is 1. The van der Waals surface area contributed by atoms with Gasteiger partial charge >= 0.3 is 0 Å². The van der Waals surface area contributed by atoms with Gasteiger partial charge in [0.05, 0.1) is 6.54 Å². The van der Waals surface area contributed by atoms with Gasteiger partial charge in [-0.25, -0.2) is 0 Å². The first-order valence-corrected chi connectivity index (χ1v) is 6.52. The van der Waals surface area contributed by atoms with Crippen molar-refractivity contribution in [3.8, 4) is 0 Å². The average molecular weight is 269 g/mol. The van der Waals surface area contributed by atoms with Gasteiger partial charge < -0.3 is 11.5 Å². The van der Waals surface area contributed by atoms with Gasteiger partial charge in [0.1, 0.15) is 0 Å². The van der Waals surface area contributed by atoms with Gasteiger partial charge in [-0.3, -0.25) is 9.69 Å². The highest BCUT2D eigenvalue weighted by molar-refractivity contribution is 5.75. The molecule has 1 amide bonds. The first-order chi connectivity index (χ1) is 9.63. The molecular weight excluding hydrogens is 250 g/mol. The molecule has 4 N–H and O–H groups in total. The largest absolute Gasteiger partial charge is 0.399 e. The Kier molecular flexibility index (Phi) is 4.74. The van der Waals surface area contributed by atoms with Crippen molar-refractivity contribution in [2.45, 2.75) is 13.1 Å². The second-order valence-electron chi connectivity index (χ2n) is 4.84. The molecular formula is C16H19N3O. The third-order valence-corrected chi connectivity index (χ3v) is 2.99. The summed E-state index contributed by atoms with van der Waals surface area (Å²) in [5.74, 6) is -0.329. The second-order valence-corrected chi connectivity index (χ2v) is 4.84. The summed E-state index contributed by atoms with van der Waals surface area (Å²) in [5, 5.41) is 0. The predicted molar refractivity (Wildman–Crippen MR) is 80.6 cm³/mol. The second kappa shape index (κ2) is 6.73. The lowest BCUT2D eigenvalue weighted by molar-refractivity contribution is -0.119. The van der Waals surface area contributed by atoms with Gasteiger partial charge in [-0.1, -0.05) is 42.5 Å². The fraction of sp³-hybridized carbons (Fsp3) is 0.188. The highest BCUT2D eigenvalue weighted by atomic mass is 16.1. The minimum atomic E-state index is -0.329. The van der Waals surface area contributed by atoms with Gasteiger partial charge in [-0.15, -0.1) is 0 Å². The molecule has 2 aromatic carbocycles. The van der Waals surface area contributed by atoms with Crippen LogP contribution in [0.4, 0.5) is 5.69 Å². The Balaban J connectivity index is 2.09. The van der Waals surface area contributed by atoms with Crippen LogP contribution < -0.4 is 11.5 Å². The van der Waals surface area contributed by atoms with Crippen LogP contribution in [0.15, 0.2) is 54.6 Å². The van der Waals surface area contributed by atoms with E-state index in [4.69, 9.17) is 11.5 Å². The van der Waals surface area contributed by atoms with Crippen LogP contribution in [0.2, 0.25) is 0 Å². The van der Waals surface area contributed by atoms with Crippen LogP contribution in [-0.4, -0.2) is 17.4 Å². The maximum Gasteiger partial charge on any atom is 0.231 e. The number of benzene rings is 2. The molecule has 4 nitrogen and oxygen atoms in total.